The normalized spacial score (nSPS) is 12.9. The van der Waals surface area contributed by atoms with Crippen LogP contribution in [0.25, 0.3) is 0 Å². The molecule has 0 aliphatic carbocycles. The van der Waals surface area contributed by atoms with E-state index in [0.717, 1.165) is 12.2 Å². The van der Waals surface area contributed by atoms with Crippen molar-refractivity contribution in [3.8, 4) is 11.5 Å². The van der Waals surface area contributed by atoms with Crippen molar-refractivity contribution >= 4 is 35.6 Å². The summed E-state index contributed by atoms with van der Waals surface area (Å²) in [5.74, 6) is 1.10. The molecule has 2 aromatic rings. The van der Waals surface area contributed by atoms with Gasteiger partial charge in [0.2, 0.25) is 0 Å². The third kappa shape index (κ3) is 3.61. The first-order valence-electron chi connectivity index (χ1n) is 7.09. The van der Waals surface area contributed by atoms with Crippen LogP contribution in [0.3, 0.4) is 0 Å². The van der Waals surface area contributed by atoms with Gasteiger partial charge in [-0.05, 0) is 38.4 Å². The summed E-state index contributed by atoms with van der Waals surface area (Å²) in [6.07, 6.45) is 0. The first kappa shape index (κ1) is 17.6. The molecule has 0 unspecified atom stereocenters. The van der Waals surface area contributed by atoms with Crippen LogP contribution in [-0.4, -0.2) is 38.0 Å². The SMILES string of the molecule is CN(C)CCN1C(=O)c2ccccc2Oc2cc(Cl)ccc21.Cl. The summed E-state index contributed by atoms with van der Waals surface area (Å²) in [6.45, 7) is 1.34. The zero-order chi connectivity index (χ0) is 15.7. The van der Waals surface area contributed by atoms with Gasteiger partial charge in [0, 0.05) is 24.2 Å². The van der Waals surface area contributed by atoms with E-state index >= 15 is 0 Å². The van der Waals surface area contributed by atoms with Gasteiger partial charge in [-0.2, -0.15) is 0 Å². The molecule has 0 spiro atoms. The van der Waals surface area contributed by atoms with Gasteiger partial charge >= 0.3 is 0 Å². The van der Waals surface area contributed by atoms with Gasteiger partial charge in [0.15, 0.2) is 5.75 Å². The fourth-order valence-electron chi connectivity index (χ4n) is 2.42. The highest BCUT2D eigenvalue weighted by molar-refractivity contribution is 6.31. The number of carbonyl (C=O) groups is 1. The van der Waals surface area contributed by atoms with Crippen LogP contribution in [0.15, 0.2) is 42.5 Å². The Morgan fingerprint density at radius 1 is 1.13 bits per heavy atom. The minimum absolute atomic E-state index is 0. The fourth-order valence-corrected chi connectivity index (χ4v) is 2.58. The Morgan fingerprint density at radius 2 is 1.87 bits per heavy atom. The molecule has 0 radical (unpaired) electrons. The summed E-state index contributed by atoms with van der Waals surface area (Å²) in [6, 6.07) is 12.6. The van der Waals surface area contributed by atoms with Crippen LogP contribution in [-0.2, 0) is 0 Å². The zero-order valence-corrected chi connectivity index (χ0v) is 14.5. The Morgan fingerprint density at radius 3 is 2.61 bits per heavy atom. The molecule has 2 aromatic carbocycles. The number of halogens is 2. The van der Waals surface area contributed by atoms with Crippen LogP contribution < -0.4 is 9.64 Å². The third-order valence-corrected chi connectivity index (χ3v) is 3.80. The summed E-state index contributed by atoms with van der Waals surface area (Å²) < 4.78 is 5.93. The fraction of sp³-hybridized carbons (Fsp3) is 0.235. The van der Waals surface area contributed by atoms with Crippen LogP contribution in [0.5, 0.6) is 11.5 Å². The summed E-state index contributed by atoms with van der Waals surface area (Å²) in [5.41, 5.74) is 1.31. The summed E-state index contributed by atoms with van der Waals surface area (Å²) in [5, 5.41) is 0.582. The number of benzene rings is 2. The average Bonchev–Trinajstić information content (AvgIpc) is 2.59. The van der Waals surface area contributed by atoms with E-state index in [9.17, 15) is 4.79 Å². The van der Waals surface area contributed by atoms with Crippen molar-refractivity contribution in [2.45, 2.75) is 0 Å². The lowest BCUT2D eigenvalue weighted by molar-refractivity contribution is 0.0985. The van der Waals surface area contributed by atoms with Crippen LogP contribution in [0, 0.1) is 0 Å². The molecular weight excluding hydrogens is 335 g/mol. The highest BCUT2D eigenvalue weighted by Crippen LogP contribution is 2.40. The maximum absolute atomic E-state index is 12.9. The molecule has 1 aliphatic rings. The van der Waals surface area contributed by atoms with Crippen molar-refractivity contribution < 1.29 is 9.53 Å². The van der Waals surface area contributed by atoms with E-state index in [1.807, 2.05) is 37.2 Å². The summed E-state index contributed by atoms with van der Waals surface area (Å²) in [7, 11) is 3.96. The quantitative estimate of drug-likeness (QED) is 0.834. The molecule has 0 bridgehead atoms. The number of ether oxygens (including phenoxy) is 1. The van der Waals surface area contributed by atoms with E-state index in [1.54, 1.807) is 29.2 Å². The van der Waals surface area contributed by atoms with Crippen molar-refractivity contribution in [1.29, 1.82) is 0 Å². The first-order valence-corrected chi connectivity index (χ1v) is 7.47. The molecule has 6 heteroatoms. The Hall–Kier alpha value is -1.75. The molecule has 1 aliphatic heterocycles. The summed E-state index contributed by atoms with van der Waals surface area (Å²) >= 11 is 6.08. The van der Waals surface area contributed by atoms with E-state index in [-0.39, 0.29) is 18.3 Å². The molecular formula is C17H18Cl2N2O2. The van der Waals surface area contributed by atoms with Gasteiger partial charge in [0.25, 0.3) is 5.91 Å². The first-order chi connectivity index (χ1) is 10.6. The molecule has 0 saturated heterocycles. The minimum atomic E-state index is -0.0569. The van der Waals surface area contributed by atoms with E-state index in [1.165, 1.54) is 0 Å². The highest BCUT2D eigenvalue weighted by Gasteiger charge is 2.27. The van der Waals surface area contributed by atoms with Gasteiger partial charge in [-0.15, -0.1) is 12.4 Å². The number of nitrogens with zero attached hydrogens (tertiary/aromatic N) is 2. The Kier molecular flexibility index (Phi) is 5.52. The number of fused-ring (bicyclic) bond motifs is 2. The lowest BCUT2D eigenvalue weighted by atomic mass is 10.1. The number of anilines is 1. The smallest absolute Gasteiger partial charge is 0.262 e. The van der Waals surface area contributed by atoms with Crippen LogP contribution >= 0.6 is 24.0 Å². The Labute approximate surface area is 147 Å². The standard InChI is InChI=1S/C17H17ClN2O2.ClH/c1-19(2)9-10-20-14-8-7-12(18)11-16(14)22-15-6-4-3-5-13(15)17(20)21;/h3-8,11H,9-10H2,1-2H3;1H. The minimum Gasteiger partial charge on any atom is -0.454 e. The molecule has 3 rings (SSSR count). The third-order valence-electron chi connectivity index (χ3n) is 3.57. The lowest BCUT2D eigenvalue weighted by Gasteiger charge is -2.23. The maximum atomic E-state index is 12.9. The van der Waals surface area contributed by atoms with Gasteiger partial charge in [-0.3, -0.25) is 4.79 Å². The molecule has 0 aromatic heterocycles. The molecule has 0 N–H and O–H groups in total. The van der Waals surface area contributed by atoms with Crippen molar-refractivity contribution in [2.75, 3.05) is 32.1 Å². The lowest BCUT2D eigenvalue weighted by Crippen LogP contribution is -2.36. The molecule has 122 valence electrons. The van der Waals surface area contributed by atoms with Gasteiger partial charge < -0.3 is 14.5 Å². The second-order valence-corrected chi connectivity index (χ2v) is 5.91. The van der Waals surface area contributed by atoms with E-state index < -0.39 is 0 Å². The van der Waals surface area contributed by atoms with Crippen molar-refractivity contribution in [3.63, 3.8) is 0 Å². The predicted octanol–water partition coefficient (Wildman–Crippen LogP) is 4.08. The van der Waals surface area contributed by atoms with Gasteiger partial charge in [0.1, 0.15) is 5.75 Å². The number of amides is 1. The molecule has 1 amide bonds. The number of likely N-dealkylation sites (N-methyl/N-ethyl adjacent to an activating group) is 1. The Bertz CT molecular complexity index is 719. The zero-order valence-electron chi connectivity index (χ0n) is 13.0. The molecule has 0 atom stereocenters. The number of hydrogen-bond acceptors (Lipinski definition) is 3. The topological polar surface area (TPSA) is 32.8 Å². The molecule has 4 nitrogen and oxygen atoms in total. The highest BCUT2D eigenvalue weighted by atomic mass is 35.5. The van der Waals surface area contributed by atoms with Crippen LogP contribution in [0.1, 0.15) is 10.4 Å². The second-order valence-electron chi connectivity index (χ2n) is 5.47. The number of para-hydroxylation sites is 1. The summed E-state index contributed by atoms with van der Waals surface area (Å²) in [4.78, 5) is 16.7. The van der Waals surface area contributed by atoms with Gasteiger partial charge in [-0.25, -0.2) is 0 Å². The van der Waals surface area contributed by atoms with Crippen LogP contribution in [0.2, 0.25) is 5.02 Å². The average molecular weight is 353 g/mol. The van der Waals surface area contributed by atoms with Crippen molar-refractivity contribution in [2.24, 2.45) is 0 Å². The van der Waals surface area contributed by atoms with E-state index in [0.29, 0.717) is 28.6 Å². The monoisotopic (exact) mass is 352 g/mol. The second kappa shape index (κ2) is 7.21. The molecule has 1 heterocycles. The van der Waals surface area contributed by atoms with Gasteiger partial charge in [-0.1, -0.05) is 23.7 Å². The van der Waals surface area contributed by atoms with E-state index in [2.05, 4.69) is 0 Å². The molecule has 0 saturated carbocycles. The van der Waals surface area contributed by atoms with Crippen molar-refractivity contribution in [1.82, 2.24) is 4.90 Å². The maximum Gasteiger partial charge on any atom is 0.262 e. The number of carbonyl (C=O) groups excluding carboxylic acids is 1. The number of hydrogen-bond donors (Lipinski definition) is 0. The molecule has 23 heavy (non-hydrogen) atoms. The number of rotatable bonds is 3. The molecule has 0 fully saturated rings. The largest absolute Gasteiger partial charge is 0.454 e. The van der Waals surface area contributed by atoms with E-state index in [4.69, 9.17) is 16.3 Å². The van der Waals surface area contributed by atoms with Crippen LogP contribution in [0.4, 0.5) is 5.69 Å². The van der Waals surface area contributed by atoms with Crippen molar-refractivity contribution in [3.05, 3.63) is 53.1 Å². The Balaban J connectivity index is 0.00000192. The van der Waals surface area contributed by atoms with Gasteiger partial charge in [0.05, 0.1) is 11.3 Å². The predicted molar refractivity (Wildman–Crippen MR) is 95.4 cm³/mol.